The molecule has 0 aliphatic rings. The molecule has 2 heterocycles. The number of carbonyl (C=O) groups excluding carboxylic acids is 1. The predicted molar refractivity (Wildman–Crippen MR) is 68.5 cm³/mol. The molecule has 0 amide bonds. The Labute approximate surface area is 102 Å². The van der Waals surface area contributed by atoms with Crippen molar-refractivity contribution >= 4 is 33.6 Å². The highest BCUT2D eigenvalue weighted by atomic mass is 32.1. The number of carbonyl (C=O) groups is 1. The average molecular weight is 252 g/mol. The normalized spacial score (nSPS) is 10.4. The van der Waals surface area contributed by atoms with Crippen LogP contribution in [-0.4, -0.2) is 17.8 Å². The van der Waals surface area contributed by atoms with Crippen LogP contribution in [0.5, 0.6) is 0 Å². The lowest BCUT2D eigenvalue weighted by molar-refractivity contribution is 0.102. The molecule has 0 spiro atoms. The van der Waals surface area contributed by atoms with Gasteiger partial charge in [0.1, 0.15) is 0 Å². The van der Waals surface area contributed by atoms with Crippen molar-refractivity contribution in [1.29, 1.82) is 0 Å². The van der Waals surface area contributed by atoms with Gasteiger partial charge in [0.05, 0.1) is 17.6 Å². The standard InChI is InChI=1S/C11H12N2OS2/c1-8(14)10-6-12-11(16-10)13(2)7-9-4-3-5-15-9/h3-6H,7H2,1-2H3. The SMILES string of the molecule is CC(=O)c1cnc(N(C)Cc2cccs2)s1. The Bertz CT molecular complexity index is 476. The molecule has 0 saturated heterocycles. The van der Waals surface area contributed by atoms with Gasteiger partial charge in [-0.1, -0.05) is 17.4 Å². The third-order valence-corrected chi connectivity index (χ3v) is 4.21. The van der Waals surface area contributed by atoms with E-state index >= 15 is 0 Å². The van der Waals surface area contributed by atoms with Gasteiger partial charge in [-0.05, 0) is 11.4 Å². The highest BCUT2D eigenvalue weighted by Crippen LogP contribution is 2.24. The van der Waals surface area contributed by atoms with Crippen molar-refractivity contribution < 1.29 is 4.79 Å². The molecule has 0 fully saturated rings. The Morgan fingerprint density at radius 1 is 1.56 bits per heavy atom. The lowest BCUT2D eigenvalue weighted by atomic mass is 10.4. The zero-order valence-corrected chi connectivity index (χ0v) is 10.8. The zero-order valence-electron chi connectivity index (χ0n) is 9.14. The molecule has 0 unspecified atom stereocenters. The van der Waals surface area contributed by atoms with Gasteiger partial charge >= 0.3 is 0 Å². The minimum atomic E-state index is 0.0771. The first kappa shape index (κ1) is 11.3. The van der Waals surface area contributed by atoms with Crippen LogP contribution < -0.4 is 4.90 Å². The van der Waals surface area contributed by atoms with Crippen LogP contribution in [0.3, 0.4) is 0 Å². The van der Waals surface area contributed by atoms with Crippen LogP contribution in [0, 0.1) is 0 Å². The third-order valence-electron chi connectivity index (χ3n) is 2.14. The molecule has 2 rings (SSSR count). The minimum absolute atomic E-state index is 0.0771. The first-order valence-electron chi connectivity index (χ1n) is 4.87. The van der Waals surface area contributed by atoms with E-state index < -0.39 is 0 Å². The molecule has 0 aromatic carbocycles. The number of hydrogen-bond acceptors (Lipinski definition) is 5. The molecule has 16 heavy (non-hydrogen) atoms. The smallest absolute Gasteiger partial charge is 0.186 e. The largest absolute Gasteiger partial charge is 0.346 e. The van der Waals surface area contributed by atoms with E-state index in [4.69, 9.17) is 0 Å². The Morgan fingerprint density at radius 3 is 2.94 bits per heavy atom. The second kappa shape index (κ2) is 4.76. The number of thiophene rings is 1. The number of rotatable bonds is 4. The van der Waals surface area contributed by atoms with Crippen molar-refractivity contribution in [2.75, 3.05) is 11.9 Å². The van der Waals surface area contributed by atoms with Crippen molar-refractivity contribution in [3.05, 3.63) is 33.5 Å². The van der Waals surface area contributed by atoms with Gasteiger partial charge in [-0.25, -0.2) is 4.98 Å². The van der Waals surface area contributed by atoms with Crippen LogP contribution in [0.1, 0.15) is 21.5 Å². The maximum atomic E-state index is 11.2. The Hall–Kier alpha value is -1.20. The highest BCUT2D eigenvalue weighted by Gasteiger charge is 2.10. The zero-order chi connectivity index (χ0) is 11.5. The second-order valence-corrected chi connectivity index (χ2v) is 5.54. The van der Waals surface area contributed by atoms with Crippen molar-refractivity contribution in [3.8, 4) is 0 Å². The van der Waals surface area contributed by atoms with E-state index in [1.807, 2.05) is 13.1 Å². The summed E-state index contributed by atoms with van der Waals surface area (Å²) in [6, 6.07) is 4.14. The van der Waals surface area contributed by atoms with E-state index in [0.29, 0.717) is 4.88 Å². The molecule has 3 nitrogen and oxygen atoms in total. The summed E-state index contributed by atoms with van der Waals surface area (Å²) >= 11 is 3.17. The van der Waals surface area contributed by atoms with Crippen LogP contribution in [-0.2, 0) is 6.54 Å². The molecule has 5 heteroatoms. The van der Waals surface area contributed by atoms with E-state index in [2.05, 4.69) is 21.3 Å². The summed E-state index contributed by atoms with van der Waals surface area (Å²) in [6.07, 6.45) is 1.65. The number of Topliss-reactive ketones (excluding diaryl/α,β-unsaturated/α-hetero) is 1. The van der Waals surface area contributed by atoms with Crippen molar-refractivity contribution in [1.82, 2.24) is 4.98 Å². The number of ketones is 1. The number of anilines is 1. The van der Waals surface area contributed by atoms with Crippen molar-refractivity contribution in [2.45, 2.75) is 13.5 Å². The Kier molecular flexibility index (Phi) is 3.36. The molecule has 0 aliphatic heterocycles. The summed E-state index contributed by atoms with van der Waals surface area (Å²) in [5, 5.41) is 2.95. The van der Waals surface area contributed by atoms with Gasteiger partial charge in [-0.15, -0.1) is 11.3 Å². The fourth-order valence-corrected chi connectivity index (χ4v) is 2.84. The maximum absolute atomic E-state index is 11.2. The molecule has 0 radical (unpaired) electrons. The quantitative estimate of drug-likeness (QED) is 0.784. The third kappa shape index (κ3) is 2.48. The monoisotopic (exact) mass is 252 g/mol. The van der Waals surface area contributed by atoms with Crippen molar-refractivity contribution in [3.63, 3.8) is 0 Å². The van der Waals surface area contributed by atoms with Gasteiger partial charge in [0.2, 0.25) is 0 Å². The van der Waals surface area contributed by atoms with Crippen LogP contribution in [0.2, 0.25) is 0 Å². The molecule has 0 atom stereocenters. The first-order chi connectivity index (χ1) is 7.66. The maximum Gasteiger partial charge on any atom is 0.186 e. The lowest BCUT2D eigenvalue weighted by Gasteiger charge is -2.13. The number of nitrogens with zero attached hydrogens (tertiary/aromatic N) is 2. The van der Waals surface area contributed by atoms with Crippen LogP contribution in [0.15, 0.2) is 23.7 Å². The fourth-order valence-electron chi connectivity index (χ4n) is 1.31. The van der Waals surface area contributed by atoms with Gasteiger partial charge in [-0.2, -0.15) is 0 Å². The van der Waals surface area contributed by atoms with E-state index in [0.717, 1.165) is 11.7 Å². The number of thiazole rings is 1. The molecule has 0 bridgehead atoms. The summed E-state index contributed by atoms with van der Waals surface area (Å²) in [5.74, 6) is 0.0771. The van der Waals surface area contributed by atoms with Crippen LogP contribution in [0.4, 0.5) is 5.13 Å². The Morgan fingerprint density at radius 2 is 2.38 bits per heavy atom. The molecule has 84 valence electrons. The van der Waals surface area contributed by atoms with Gasteiger partial charge in [0.15, 0.2) is 10.9 Å². The van der Waals surface area contributed by atoms with Gasteiger partial charge < -0.3 is 4.90 Å². The van der Waals surface area contributed by atoms with Gasteiger partial charge in [0.25, 0.3) is 0 Å². The molecule has 0 saturated carbocycles. The summed E-state index contributed by atoms with van der Waals surface area (Å²) in [5.41, 5.74) is 0. The molecular weight excluding hydrogens is 240 g/mol. The number of aromatic nitrogens is 1. The van der Waals surface area contributed by atoms with E-state index in [-0.39, 0.29) is 5.78 Å². The molecule has 2 aromatic heterocycles. The molecule has 2 aromatic rings. The molecule has 0 aliphatic carbocycles. The minimum Gasteiger partial charge on any atom is -0.346 e. The van der Waals surface area contributed by atoms with Crippen molar-refractivity contribution in [2.24, 2.45) is 0 Å². The molecular formula is C11H12N2OS2. The topological polar surface area (TPSA) is 33.2 Å². The fraction of sp³-hybridized carbons (Fsp3) is 0.273. The Balaban J connectivity index is 2.08. The van der Waals surface area contributed by atoms with Gasteiger partial charge in [0, 0.05) is 18.8 Å². The summed E-state index contributed by atoms with van der Waals surface area (Å²) in [6.45, 7) is 2.40. The van der Waals surface area contributed by atoms with Gasteiger partial charge in [-0.3, -0.25) is 4.79 Å². The highest BCUT2D eigenvalue weighted by molar-refractivity contribution is 7.17. The first-order valence-corrected chi connectivity index (χ1v) is 6.56. The number of hydrogen-bond donors (Lipinski definition) is 0. The van der Waals surface area contributed by atoms with Crippen LogP contribution in [0.25, 0.3) is 0 Å². The van der Waals surface area contributed by atoms with E-state index in [9.17, 15) is 4.79 Å². The molecule has 0 N–H and O–H groups in total. The van der Waals surface area contributed by atoms with Crippen LogP contribution >= 0.6 is 22.7 Å². The lowest BCUT2D eigenvalue weighted by Crippen LogP contribution is -2.14. The van der Waals surface area contributed by atoms with E-state index in [1.165, 1.54) is 16.2 Å². The summed E-state index contributed by atoms with van der Waals surface area (Å²) < 4.78 is 0. The summed E-state index contributed by atoms with van der Waals surface area (Å²) in [7, 11) is 1.99. The second-order valence-electron chi connectivity index (χ2n) is 3.50. The summed E-state index contributed by atoms with van der Waals surface area (Å²) in [4.78, 5) is 19.5. The van der Waals surface area contributed by atoms with E-state index in [1.54, 1.807) is 24.5 Å². The predicted octanol–water partition coefficient (Wildman–Crippen LogP) is 3.04. The average Bonchev–Trinajstić information content (AvgIpc) is 2.86.